The van der Waals surface area contributed by atoms with Gasteiger partial charge < -0.3 is 11.1 Å². The predicted molar refractivity (Wildman–Crippen MR) is 82.9 cm³/mol. The van der Waals surface area contributed by atoms with Crippen molar-refractivity contribution in [3.63, 3.8) is 0 Å². The average Bonchev–Trinajstić information content (AvgIpc) is 2.44. The minimum Gasteiger partial charge on any atom is -0.355 e. The predicted octanol–water partition coefficient (Wildman–Crippen LogP) is 0.479. The van der Waals surface area contributed by atoms with Gasteiger partial charge in [-0.05, 0) is 24.5 Å². The Bertz CT molecular complexity index is 573. The third kappa shape index (κ3) is 5.82. The molecule has 0 bridgehead atoms. The Morgan fingerprint density at radius 2 is 1.90 bits per heavy atom. The zero-order valence-electron chi connectivity index (χ0n) is 12.4. The van der Waals surface area contributed by atoms with Gasteiger partial charge in [0.25, 0.3) is 0 Å². The van der Waals surface area contributed by atoms with Crippen LogP contribution in [0, 0.1) is 0 Å². The molecule has 1 aromatic carbocycles. The van der Waals surface area contributed by atoms with Crippen molar-refractivity contribution in [1.29, 1.82) is 0 Å². The van der Waals surface area contributed by atoms with Gasteiger partial charge in [-0.2, -0.15) is 0 Å². The topological polar surface area (TPSA) is 101 Å². The third-order valence-electron chi connectivity index (χ3n) is 2.98. The first-order valence-corrected chi connectivity index (χ1v) is 8.59. The maximum atomic E-state index is 12.1. The largest absolute Gasteiger partial charge is 0.355 e. The molecule has 0 spiro atoms. The Hall–Kier alpha value is -1.44. The summed E-state index contributed by atoms with van der Waals surface area (Å²) in [6.45, 7) is 4.26. The number of carbonyl (C=O) groups is 1. The molecule has 1 aromatic rings. The van der Waals surface area contributed by atoms with E-state index in [1.54, 1.807) is 18.2 Å². The molecule has 0 aliphatic heterocycles. The summed E-state index contributed by atoms with van der Waals surface area (Å²) >= 11 is 0. The highest BCUT2D eigenvalue weighted by Gasteiger charge is 2.21. The van der Waals surface area contributed by atoms with E-state index in [-0.39, 0.29) is 18.2 Å². The standard InChI is InChI=1S/C14H23N3O3S/c1-3-8-16-14(18)11(2)17-21(19,20)10-13-7-5-4-6-12(13)9-15/h4-7,11,17H,3,8-10,15H2,1-2H3,(H,16,18). The van der Waals surface area contributed by atoms with Crippen LogP contribution in [0.2, 0.25) is 0 Å². The monoisotopic (exact) mass is 313 g/mol. The second-order valence-electron chi connectivity index (χ2n) is 4.86. The summed E-state index contributed by atoms with van der Waals surface area (Å²) in [5.74, 6) is -0.515. The van der Waals surface area contributed by atoms with E-state index in [0.29, 0.717) is 12.1 Å². The van der Waals surface area contributed by atoms with Crippen molar-refractivity contribution in [2.24, 2.45) is 5.73 Å². The fourth-order valence-electron chi connectivity index (χ4n) is 1.87. The van der Waals surface area contributed by atoms with Crippen LogP contribution in [0.15, 0.2) is 24.3 Å². The molecule has 0 aliphatic rings. The molecule has 0 aromatic heterocycles. The lowest BCUT2D eigenvalue weighted by Gasteiger charge is -2.15. The second-order valence-corrected chi connectivity index (χ2v) is 6.62. The lowest BCUT2D eigenvalue weighted by atomic mass is 10.1. The molecule has 1 rings (SSSR count). The molecule has 7 heteroatoms. The Balaban J connectivity index is 2.71. The van der Waals surface area contributed by atoms with Crippen molar-refractivity contribution >= 4 is 15.9 Å². The van der Waals surface area contributed by atoms with Gasteiger partial charge >= 0.3 is 0 Å². The van der Waals surface area contributed by atoms with Crippen molar-refractivity contribution in [1.82, 2.24) is 10.0 Å². The van der Waals surface area contributed by atoms with Gasteiger partial charge in [0.1, 0.15) is 0 Å². The molecule has 1 atom stereocenters. The van der Waals surface area contributed by atoms with E-state index < -0.39 is 16.1 Å². The zero-order chi connectivity index (χ0) is 15.9. The van der Waals surface area contributed by atoms with Gasteiger partial charge in [0, 0.05) is 13.1 Å². The van der Waals surface area contributed by atoms with Crippen LogP contribution in [0.25, 0.3) is 0 Å². The first-order chi connectivity index (χ1) is 9.89. The smallest absolute Gasteiger partial charge is 0.237 e. The molecular formula is C14H23N3O3S. The highest BCUT2D eigenvalue weighted by Crippen LogP contribution is 2.11. The van der Waals surface area contributed by atoms with Gasteiger partial charge in [-0.25, -0.2) is 13.1 Å². The van der Waals surface area contributed by atoms with Crippen molar-refractivity contribution in [3.8, 4) is 0 Å². The molecule has 0 saturated carbocycles. The summed E-state index contributed by atoms with van der Waals surface area (Å²) in [5.41, 5.74) is 7.02. The number of nitrogens with one attached hydrogen (secondary N) is 2. The maximum absolute atomic E-state index is 12.1. The fourth-order valence-corrected chi connectivity index (χ4v) is 3.29. The van der Waals surface area contributed by atoms with Crippen LogP contribution in [0.1, 0.15) is 31.4 Å². The number of nitrogens with two attached hydrogens (primary N) is 1. The molecule has 118 valence electrons. The quantitative estimate of drug-likeness (QED) is 0.649. The summed E-state index contributed by atoms with van der Waals surface area (Å²) < 4.78 is 26.6. The van der Waals surface area contributed by atoms with Gasteiger partial charge in [0.05, 0.1) is 11.8 Å². The number of amides is 1. The maximum Gasteiger partial charge on any atom is 0.237 e. The highest BCUT2D eigenvalue weighted by atomic mass is 32.2. The molecule has 0 aliphatic carbocycles. The van der Waals surface area contributed by atoms with E-state index in [1.807, 2.05) is 13.0 Å². The Kier molecular flexibility index (Phi) is 6.80. The van der Waals surface area contributed by atoms with E-state index in [4.69, 9.17) is 5.73 Å². The number of sulfonamides is 1. The minimum atomic E-state index is -3.60. The Morgan fingerprint density at radius 1 is 1.29 bits per heavy atom. The minimum absolute atomic E-state index is 0.189. The molecule has 6 nitrogen and oxygen atoms in total. The molecule has 0 heterocycles. The Morgan fingerprint density at radius 3 is 2.48 bits per heavy atom. The molecule has 4 N–H and O–H groups in total. The number of benzene rings is 1. The van der Waals surface area contributed by atoms with Crippen LogP contribution in [-0.4, -0.2) is 26.9 Å². The number of hydrogen-bond donors (Lipinski definition) is 3. The lowest BCUT2D eigenvalue weighted by Crippen LogP contribution is -2.45. The lowest BCUT2D eigenvalue weighted by molar-refractivity contribution is -0.122. The van der Waals surface area contributed by atoms with Crippen molar-refractivity contribution in [2.45, 2.75) is 38.6 Å². The zero-order valence-corrected chi connectivity index (χ0v) is 13.2. The van der Waals surface area contributed by atoms with E-state index >= 15 is 0 Å². The van der Waals surface area contributed by atoms with Gasteiger partial charge in [-0.3, -0.25) is 4.79 Å². The average molecular weight is 313 g/mol. The van der Waals surface area contributed by atoms with E-state index in [0.717, 1.165) is 12.0 Å². The molecule has 0 fully saturated rings. The van der Waals surface area contributed by atoms with Gasteiger partial charge in [0.15, 0.2) is 0 Å². The summed E-state index contributed by atoms with van der Waals surface area (Å²) in [5, 5.41) is 2.66. The fraction of sp³-hybridized carbons (Fsp3) is 0.500. The van der Waals surface area contributed by atoms with Gasteiger partial charge in [-0.15, -0.1) is 0 Å². The Labute approximate surface area is 126 Å². The van der Waals surface area contributed by atoms with Gasteiger partial charge in [-0.1, -0.05) is 31.2 Å². The molecule has 0 saturated heterocycles. The van der Waals surface area contributed by atoms with Crippen LogP contribution in [0.4, 0.5) is 0 Å². The molecular weight excluding hydrogens is 290 g/mol. The summed E-state index contributed by atoms with van der Waals surface area (Å²) in [4.78, 5) is 11.7. The van der Waals surface area contributed by atoms with Crippen LogP contribution >= 0.6 is 0 Å². The van der Waals surface area contributed by atoms with Crippen LogP contribution in [-0.2, 0) is 27.1 Å². The SMILES string of the molecule is CCCNC(=O)C(C)NS(=O)(=O)Cc1ccccc1CN. The number of carbonyl (C=O) groups excluding carboxylic acids is 1. The summed E-state index contributed by atoms with van der Waals surface area (Å²) in [6.07, 6.45) is 0.801. The second kappa shape index (κ2) is 8.11. The van der Waals surface area contributed by atoms with E-state index in [2.05, 4.69) is 10.0 Å². The first-order valence-electron chi connectivity index (χ1n) is 6.94. The van der Waals surface area contributed by atoms with E-state index in [9.17, 15) is 13.2 Å². The molecule has 21 heavy (non-hydrogen) atoms. The van der Waals surface area contributed by atoms with Crippen LogP contribution in [0.5, 0.6) is 0 Å². The highest BCUT2D eigenvalue weighted by molar-refractivity contribution is 7.88. The normalized spacial score (nSPS) is 12.9. The van der Waals surface area contributed by atoms with Crippen LogP contribution < -0.4 is 15.8 Å². The molecule has 0 radical (unpaired) electrons. The molecule has 1 amide bonds. The van der Waals surface area contributed by atoms with Crippen molar-refractivity contribution < 1.29 is 13.2 Å². The molecule has 1 unspecified atom stereocenters. The number of rotatable bonds is 8. The van der Waals surface area contributed by atoms with Gasteiger partial charge in [0.2, 0.25) is 15.9 Å². The van der Waals surface area contributed by atoms with E-state index in [1.165, 1.54) is 6.92 Å². The number of hydrogen-bond acceptors (Lipinski definition) is 4. The first kappa shape index (κ1) is 17.6. The third-order valence-corrected chi connectivity index (χ3v) is 4.39. The van der Waals surface area contributed by atoms with Crippen LogP contribution in [0.3, 0.4) is 0 Å². The van der Waals surface area contributed by atoms with Crippen molar-refractivity contribution in [2.75, 3.05) is 6.54 Å². The summed E-state index contributed by atoms with van der Waals surface area (Å²) in [7, 11) is -3.60. The summed E-state index contributed by atoms with van der Waals surface area (Å²) in [6, 6.07) is 6.30. The van der Waals surface area contributed by atoms with Crippen molar-refractivity contribution in [3.05, 3.63) is 35.4 Å².